The third-order valence-corrected chi connectivity index (χ3v) is 2.28. The van der Waals surface area contributed by atoms with Crippen LogP contribution in [0, 0.1) is 18.3 Å². The minimum atomic E-state index is 0.351. The largest absolute Gasteiger partial charge is 0.382 e. The molecule has 1 heterocycles. The Balaban J connectivity index is 2.33. The molecule has 5 heteroatoms. The maximum atomic E-state index is 8.84. The number of nitrogens with one attached hydrogen (secondary N) is 1. The summed E-state index contributed by atoms with van der Waals surface area (Å²) in [5.74, 6) is 0.910. The number of hydrogen-bond acceptors (Lipinski definition) is 5. The highest BCUT2D eigenvalue weighted by Gasteiger charge is 2.02. The number of nitriles is 1. The number of nitrogens with zero attached hydrogens (tertiary/aromatic N) is 3. The summed E-state index contributed by atoms with van der Waals surface area (Å²) in [6.45, 7) is 1.95. The van der Waals surface area contributed by atoms with Crippen LogP contribution in [0.2, 0.25) is 0 Å². The van der Waals surface area contributed by atoms with Crippen molar-refractivity contribution in [1.29, 1.82) is 5.26 Å². The number of hydrogen-bond donors (Lipinski definition) is 2. The number of rotatable bonds is 2. The highest BCUT2D eigenvalue weighted by Crippen LogP contribution is 2.20. The van der Waals surface area contributed by atoms with Crippen LogP contribution in [-0.2, 0) is 0 Å². The Labute approximate surface area is 98.9 Å². The maximum Gasteiger partial charge on any atom is 0.151 e. The lowest BCUT2D eigenvalue weighted by Crippen LogP contribution is -1.99. The normalized spacial score (nSPS) is 9.65. The summed E-state index contributed by atoms with van der Waals surface area (Å²) in [5.41, 5.74) is 7.98. The molecule has 0 saturated carbocycles. The Morgan fingerprint density at radius 2 is 2.18 bits per heavy atom. The number of anilines is 3. The molecule has 0 aliphatic carbocycles. The summed E-state index contributed by atoms with van der Waals surface area (Å²) >= 11 is 0. The summed E-state index contributed by atoms with van der Waals surface area (Å²) in [7, 11) is 0. The quantitative estimate of drug-likeness (QED) is 0.815. The number of nitrogens with two attached hydrogens (primary N) is 1. The number of benzene rings is 1. The Morgan fingerprint density at radius 3 is 2.88 bits per heavy atom. The van der Waals surface area contributed by atoms with Crippen molar-refractivity contribution in [2.24, 2.45) is 0 Å². The summed E-state index contributed by atoms with van der Waals surface area (Å²) in [6.07, 6.45) is 3.05. The van der Waals surface area contributed by atoms with Crippen molar-refractivity contribution in [2.45, 2.75) is 6.92 Å². The molecule has 0 atom stereocenters. The van der Waals surface area contributed by atoms with E-state index in [1.54, 1.807) is 18.3 Å². The third-order valence-electron chi connectivity index (χ3n) is 2.28. The minimum absolute atomic E-state index is 0.351. The van der Waals surface area contributed by atoms with Crippen molar-refractivity contribution in [3.63, 3.8) is 0 Å². The molecule has 1 aromatic heterocycles. The first-order chi connectivity index (χ1) is 8.19. The van der Waals surface area contributed by atoms with Gasteiger partial charge in [-0.25, -0.2) is 4.98 Å². The SMILES string of the molecule is Cc1ccc(C#N)cc1Nc1cncc(N)n1. The first-order valence-corrected chi connectivity index (χ1v) is 5.04. The Morgan fingerprint density at radius 1 is 1.35 bits per heavy atom. The molecule has 5 nitrogen and oxygen atoms in total. The summed E-state index contributed by atoms with van der Waals surface area (Å²) in [6, 6.07) is 7.50. The Bertz CT molecular complexity index is 586. The van der Waals surface area contributed by atoms with Gasteiger partial charge >= 0.3 is 0 Å². The lowest BCUT2D eigenvalue weighted by atomic mass is 10.1. The van der Waals surface area contributed by atoms with Gasteiger partial charge in [0, 0.05) is 5.69 Å². The van der Waals surface area contributed by atoms with E-state index in [9.17, 15) is 0 Å². The van der Waals surface area contributed by atoms with E-state index in [-0.39, 0.29) is 0 Å². The molecule has 0 fully saturated rings. The molecule has 84 valence electrons. The van der Waals surface area contributed by atoms with Crippen LogP contribution in [0.15, 0.2) is 30.6 Å². The van der Waals surface area contributed by atoms with Gasteiger partial charge in [0.25, 0.3) is 0 Å². The third kappa shape index (κ3) is 2.49. The number of aromatic nitrogens is 2. The van der Waals surface area contributed by atoms with Gasteiger partial charge in [-0.15, -0.1) is 0 Å². The second-order valence-electron chi connectivity index (χ2n) is 3.60. The van der Waals surface area contributed by atoms with Crippen molar-refractivity contribution < 1.29 is 0 Å². The summed E-state index contributed by atoms with van der Waals surface area (Å²) < 4.78 is 0. The van der Waals surface area contributed by atoms with E-state index in [1.807, 2.05) is 13.0 Å². The van der Waals surface area contributed by atoms with Crippen molar-refractivity contribution >= 4 is 17.3 Å². The summed E-state index contributed by atoms with van der Waals surface area (Å²) in [4.78, 5) is 8.02. The van der Waals surface area contributed by atoms with Crippen molar-refractivity contribution in [1.82, 2.24) is 9.97 Å². The van der Waals surface area contributed by atoms with Crippen LogP contribution in [0.3, 0.4) is 0 Å². The molecule has 0 spiro atoms. The first kappa shape index (κ1) is 10.9. The molecule has 0 amide bonds. The molecular weight excluding hydrogens is 214 g/mol. The zero-order valence-electron chi connectivity index (χ0n) is 9.31. The van der Waals surface area contributed by atoms with Gasteiger partial charge in [0.15, 0.2) is 5.82 Å². The smallest absolute Gasteiger partial charge is 0.151 e. The van der Waals surface area contributed by atoms with E-state index in [2.05, 4.69) is 21.4 Å². The van der Waals surface area contributed by atoms with Gasteiger partial charge < -0.3 is 11.1 Å². The maximum absolute atomic E-state index is 8.84. The van der Waals surface area contributed by atoms with E-state index in [0.717, 1.165) is 11.3 Å². The van der Waals surface area contributed by atoms with Crippen LogP contribution in [0.25, 0.3) is 0 Å². The molecule has 0 bridgehead atoms. The van der Waals surface area contributed by atoms with Gasteiger partial charge in [-0.2, -0.15) is 5.26 Å². The van der Waals surface area contributed by atoms with Crippen molar-refractivity contribution in [2.75, 3.05) is 11.1 Å². The molecule has 2 rings (SSSR count). The molecule has 17 heavy (non-hydrogen) atoms. The topological polar surface area (TPSA) is 87.6 Å². The van der Waals surface area contributed by atoms with E-state index in [4.69, 9.17) is 11.0 Å². The average molecular weight is 225 g/mol. The van der Waals surface area contributed by atoms with Crippen LogP contribution in [0.1, 0.15) is 11.1 Å². The van der Waals surface area contributed by atoms with Crippen molar-refractivity contribution in [3.05, 3.63) is 41.7 Å². The lowest BCUT2D eigenvalue weighted by Gasteiger charge is -2.08. The number of aryl methyl sites for hydroxylation is 1. The van der Waals surface area contributed by atoms with Crippen LogP contribution in [-0.4, -0.2) is 9.97 Å². The zero-order chi connectivity index (χ0) is 12.3. The van der Waals surface area contributed by atoms with Gasteiger partial charge in [-0.05, 0) is 24.6 Å². The predicted octanol–water partition coefficient (Wildman–Crippen LogP) is 1.98. The van der Waals surface area contributed by atoms with Crippen LogP contribution in [0.5, 0.6) is 0 Å². The number of nitrogen functional groups attached to an aromatic ring is 1. The van der Waals surface area contributed by atoms with Crippen LogP contribution >= 0.6 is 0 Å². The second-order valence-corrected chi connectivity index (χ2v) is 3.60. The Kier molecular flexibility index (Phi) is 2.88. The minimum Gasteiger partial charge on any atom is -0.382 e. The molecule has 0 unspecified atom stereocenters. The molecule has 2 aromatic rings. The molecule has 0 aliphatic heterocycles. The highest BCUT2D eigenvalue weighted by atomic mass is 15.0. The predicted molar refractivity (Wildman–Crippen MR) is 65.6 cm³/mol. The second kappa shape index (κ2) is 4.49. The monoisotopic (exact) mass is 225 g/mol. The molecule has 0 aliphatic rings. The molecular formula is C12H11N5. The van der Waals surface area contributed by atoms with E-state index in [0.29, 0.717) is 17.2 Å². The fourth-order valence-corrected chi connectivity index (χ4v) is 1.41. The lowest BCUT2D eigenvalue weighted by molar-refractivity contribution is 1.20. The zero-order valence-corrected chi connectivity index (χ0v) is 9.31. The molecule has 0 saturated heterocycles. The van der Waals surface area contributed by atoms with E-state index in [1.165, 1.54) is 6.20 Å². The standard InChI is InChI=1S/C12H11N5/c1-8-2-3-9(5-13)4-10(8)16-12-7-15-6-11(14)17-12/h2-4,6-7H,1H3,(H3,14,16,17). The first-order valence-electron chi connectivity index (χ1n) is 5.04. The van der Waals surface area contributed by atoms with Crippen LogP contribution in [0.4, 0.5) is 17.3 Å². The summed E-state index contributed by atoms with van der Waals surface area (Å²) in [5, 5.41) is 11.9. The highest BCUT2D eigenvalue weighted by molar-refractivity contribution is 5.62. The van der Waals surface area contributed by atoms with Gasteiger partial charge in [0.1, 0.15) is 5.82 Å². The van der Waals surface area contributed by atoms with Gasteiger partial charge in [0.05, 0.1) is 24.0 Å². The fourth-order valence-electron chi connectivity index (χ4n) is 1.41. The van der Waals surface area contributed by atoms with Gasteiger partial charge in [0.2, 0.25) is 0 Å². The molecule has 3 N–H and O–H groups in total. The molecule has 1 aromatic carbocycles. The average Bonchev–Trinajstić information content (AvgIpc) is 2.32. The van der Waals surface area contributed by atoms with Crippen LogP contribution < -0.4 is 11.1 Å². The van der Waals surface area contributed by atoms with Crippen molar-refractivity contribution in [3.8, 4) is 6.07 Å². The molecule has 0 radical (unpaired) electrons. The Hall–Kier alpha value is -2.61. The fraction of sp³-hybridized carbons (Fsp3) is 0.0833. The van der Waals surface area contributed by atoms with Gasteiger partial charge in [-0.1, -0.05) is 6.07 Å². The van der Waals surface area contributed by atoms with E-state index < -0.39 is 0 Å². The van der Waals surface area contributed by atoms with Gasteiger partial charge in [-0.3, -0.25) is 4.98 Å². The van der Waals surface area contributed by atoms with E-state index >= 15 is 0 Å².